The predicted molar refractivity (Wildman–Crippen MR) is 69.7 cm³/mol. The number of aromatic nitrogens is 1. The van der Waals surface area contributed by atoms with Gasteiger partial charge in [0.25, 0.3) is 0 Å². The molecule has 1 aromatic rings. The van der Waals surface area contributed by atoms with E-state index in [1.807, 2.05) is 18.9 Å². The van der Waals surface area contributed by atoms with Gasteiger partial charge in [-0.05, 0) is 13.0 Å². The Bertz CT molecular complexity index is 423. The Morgan fingerprint density at radius 1 is 1.56 bits per heavy atom. The second-order valence-electron chi connectivity index (χ2n) is 4.00. The molecule has 6 nitrogen and oxygen atoms in total. The number of hydrogen-bond acceptors (Lipinski definition) is 6. The van der Waals surface area contributed by atoms with Crippen LogP contribution in [0.2, 0.25) is 0 Å². The van der Waals surface area contributed by atoms with Crippen molar-refractivity contribution in [3.05, 3.63) is 17.8 Å². The number of anilines is 2. The summed E-state index contributed by atoms with van der Waals surface area (Å²) in [4.78, 5) is 17.6. The fourth-order valence-corrected chi connectivity index (χ4v) is 1.59. The highest BCUT2D eigenvalue weighted by Crippen LogP contribution is 2.24. The average molecular weight is 253 g/mol. The number of nitrogens with zero attached hydrogens (tertiary/aromatic N) is 2. The molecular weight excluding hydrogens is 234 g/mol. The molecule has 0 spiro atoms. The summed E-state index contributed by atoms with van der Waals surface area (Å²) in [7, 11) is 4.80. The van der Waals surface area contributed by atoms with Gasteiger partial charge in [-0.3, -0.25) is 0 Å². The first kappa shape index (κ1) is 14.2. The Hall–Kier alpha value is -1.82. The summed E-state index contributed by atoms with van der Waals surface area (Å²) in [5, 5.41) is 0. The van der Waals surface area contributed by atoms with Crippen molar-refractivity contribution in [2.24, 2.45) is 0 Å². The van der Waals surface area contributed by atoms with Gasteiger partial charge in [0, 0.05) is 20.4 Å². The molecule has 0 aromatic carbocycles. The molecule has 1 rings (SSSR count). The molecule has 0 aliphatic carbocycles. The zero-order chi connectivity index (χ0) is 13.7. The van der Waals surface area contributed by atoms with Crippen LogP contribution in [0, 0.1) is 0 Å². The topological polar surface area (TPSA) is 77.7 Å². The minimum absolute atomic E-state index is 0.0951. The Labute approximate surface area is 107 Å². The maximum absolute atomic E-state index is 11.5. The van der Waals surface area contributed by atoms with E-state index in [2.05, 4.69) is 9.72 Å². The largest absolute Gasteiger partial charge is 0.465 e. The van der Waals surface area contributed by atoms with E-state index in [9.17, 15) is 4.79 Å². The van der Waals surface area contributed by atoms with Crippen LogP contribution in [0.3, 0.4) is 0 Å². The van der Waals surface area contributed by atoms with Crippen molar-refractivity contribution in [3.8, 4) is 0 Å². The number of hydrogen-bond donors (Lipinski definition) is 1. The fraction of sp³-hybridized carbons (Fsp3) is 0.500. The second-order valence-corrected chi connectivity index (χ2v) is 4.00. The maximum atomic E-state index is 11.5. The number of ether oxygens (including phenoxy) is 2. The molecule has 18 heavy (non-hydrogen) atoms. The van der Waals surface area contributed by atoms with Crippen LogP contribution in [0.4, 0.5) is 11.5 Å². The van der Waals surface area contributed by atoms with Crippen LogP contribution in [-0.2, 0) is 9.47 Å². The number of pyridine rings is 1. The van der Waals surface area contributed by atoms with Crippen molar-refractivity contribution in [2.45, 2.75) is 13.0 Å². The highest BCUT2D eigenvalue weighted by atomic mass is 16.5. The van der Waals surface area contributed by atoms with E-state index >= 15 is 0 Å². The van der Waals surface area contributed by atoms with E-state index in [0.29, 0.717) is 23.7 Å². The van der Waals surface area contributed by atoms with Gasteiger partial charge in [-0.2, -0.15) is 0 Å². The third-order valence-corrected chi connectivity index (χ3v) is 2.78. The number of carbonyl (C=O) groups is 1. The lowest BCUT2D eigenvalue weighted by Crippen LogP contribution is -2.34. The summed E-state index contributed by atoms with van der Waals surface area (Å²) >= 11 is 0. The average Bonchev–Trinajstić information content (AvgIpc) is 2.37. The Morgan fingerprint density at radius 2 is 2.22 bits per heavy atom. The van der Waals surface area contributed by atoms with E-state index < -0.39 is 5.97 Å². The number of likely N-dealkylation sites (N-methyl/N-ethyl adjacent to an activating group) is 1. The van der Waals surface area contributed by atoms with Crippen LogP contribution < -0.4 is 10.6 Å². The molecule has 0 radical (unpaired) electrons. The van der Waals surface area contributed by atoms with Crippen molar-refractivity contribution in [1.29, 1.82) is 0 Å². The summed E-state index contributed by atoms with van der Waals surface area (Å²) in [5.74, 6) is 0.0754. The molecule has 1 heterocycles. The van der Waals surface area contributed by atoms with Gasteiger partial charge >= 0.3 is 5.97 Å². The minimum Gasteiger partial charge on any atom is -0.465 e. The molecule has 0 amide bonds. The standard InChI is InChI=1S/C12H19N3O3/c1-8(7-17-3)15(2)11-10(13)9(5-6-14-11)12(16)18-4/h5-6,8H,7,13H2,1-4H3. The summed E-state index contributed by atoms with van der Waals surface area (Å²) in [6.45, 7) is 2.52. The minimum atomic E-state index is -0.469. The first-order valence-corrected chi connectivity index (χ1v) is 5.57. The van der Waals surface area contributed by atoms with Gasteiger partial charge in [0.2, 0.25) is 0 Å². The normalized spacial score (nSPS) is 12.0. The second kappa shape index (κ2) is 6.20. The van der Waals surface area contributed by atoms with Crippen LogP contribution in [0.25, 0.3) is 0 Å². The molecule has 1 unspecified atom stereocenters. The maximum Gasteiger partial charge on any atom is 0.340 e. The van der Waals surface area contributed by atoms with Gasteiger partial charge in [-0.1, -0.05) is 0 Å². The lowest BCUT2D eigenvalue weighted by atomic mass is 10.2. The quantitative estimate of drug-likeness (QED) is 0.786. The van der Waals surface area contributed by atoms with Gasteiger partial charge in [0.15, 0.2) is 5.82 Å². The van der Waals surface area contributed by atoms with E-state index in [0.717, 1.165) is 0 Å². The first-order chi connectivity index (χ1) is 8.52. The molecule has 0 bridgehead atoms. The Morgan fingerprint density at radius 3 is 2.78 bits per heavy atom. The number of nitrogen functional groups attached to an aromatic ring is 1. The summed E-state index contributed by atoms with van der Waals surface area (Å²) < 4.78 is 9.75. The van der Waals surface area contributed by atoms with Gasteiger partial charge in [-0.15, -0.1) is 0 Å². The van der Waals surface area contributed by atoms with Crippen LogP contribution in [0.5, 0.6) is 0 Å². The zero-order valence-corrected chi connectivity index (χ0v) is 11.1. The summed E-state index contributed by atoms with van der Waals surface area (Å²) in [5.41, 5.74) is 6.58. The third-order valence-electron chi connectivity index (χ3n) is 2.78. The van der Waals surface area contributed by atoms with Crippen molar-refractivity contribution >= 4 is 17.5 Å². The number of rotatable bonds is 5. The van der Waals surface area contributed by atoms with Gasteiger partial charge in [-0.25, -0.2) is 9.78 Å². The number of carbonyl (C=O) groups excluding carboxylic acids is 1. The lowest BCUT2D eigenvalue weighted by Gasteiger charge is -2.26. The first-order valence-electron chi connectivity index (χ1n) is 5.57. The molecule has 0 aliphatic heterocycles. The van der Waals surface area contributed by atoms with Crippen molar-refractivity contribution in [2.75, 3.05) is 38.5 Å². The fourth-order valence-electron chi connectivity index (χ4n) is 1.59. The highest BCUT2D eigenvalue weighted by Gasteiger charge is 2.19. The Balaban J connectivity index is 3.06. The molecule has 0 fully saturated rings. The van der Waals surface area contributed by atoms with Crippen LogP contribution in [0.15, 0.2) is 12.3 Å². The molecule has 6 heteroatoms. The van der Waals surface area contributed by atoms with Crippen molar-refractivity contribution in [1.82, 2.24) is 4.98 Å². The molecule has 0 saturated carbocycles. The molecule has 1 aromatic heterocycles. The molecule has 0 saturated heterocycles. The molecule has 2 N–H and O–H groups in total. The SMILES string of the molecule is COCC(C)N(C)c1nccc(C(=O)OC)c1N. The Kier molecular flexibility index (Phi) is 4.91. The molecular formula is C12H19N3O3. The molecule has 0 aliphatic rings. The predicted octanol–water partition coefficient (Wildman–Crippen LogP) is 0.922. The lowest BCUT2D eigenvalue weighted by molar-refractivity contribution is 0.0602. The number of methoxy groups -OCH3 is 2. The smallest absolute Gasteiger partial charge is 0.340 e. The van der Waals surface area contributed by atoms with E-state index in [1.54, 1.807) is 13.2 Å². The summed E-state index contributed by atoms with van der Waals surface area (Å²) in [6.07, 6.45) is 1.54. The van der Waals surface area contributed by atoms with Crippen LogP contribution in [-0.4, -0.2) is 44.9 Å². The molecule has 1 atom stereocenters. The van der Waals surface area contributed by atoms with E-state index in [-0.39, 0.29) is 6.04 Å². The third kappa shape index (κ3) is 2.89. The van der Waals surface area contributed by atoms with Gasteiger partial charge in [0.1, 0.15) is 0 Å². The number of nitrogens with two attached hydrogens (primary N) is 1. The summed E-state index contributed by atoms with van der Waals surface area (Å²) in [6, 6.07) is 1.64. The highest BCUT2D eigenvalue weighted by molar-refractivity contribution is 5.97. The van der Waals surface area contributed by atoms with E-state index in [4.69, 9.17) is 10.5 Å². The molecule has 100 valence electrons. The van der Waals surface area contributed by atoms with Crippen molar-refractivity contribution < 1.29 is 14.3 Å². The monoisotopic (exact) mass is 253 g/mol. The van der Waals surface area contributed by atoms with Gasteiger partial charge < -0.3 is 20.1 Å². The van der Waals surface area contributed by atoms with Crippen molar-refractivity contribution in [3.63, 3.8) is 0 Å². The zero-order valence-electron chi connectivity index (χ0n) is 11.1. The van der Waals surface area contributed by atoms with Gasteiger partial charge in [0.05, 0.1) is 31.0 Å². The number of esters is 1. The van der Waals surface area contributed by atoms with Crippen LogP contribution >= 0.6 is 0 Å². The van der Waals surface area contributed by atoms with Crippen LogP contribution in [0.1, 0.15) is 17.3 Å². The van der Waals surface area contributed by atoms with E-state index in [1.165, 1.54) is 13.3 Å².